The highest BCUT2D eigenvalue weighted by atomic mass is 19.1. The number of amidine groups is 1. The summed E-state index contributed by atoms with van der Waals surface area (Å²) >= 11 is 0. The van der Waals surface area contributed by atoms with Crippen LogP contribution in [-0.2, 0) is 17.4 Å². The van der Waals surface area contributed by atoms with Gasteiger partial charge in [0, 0.05) is 23.2 Å². The van der Waals surface area contributed by atoms with E-state index in [1.165, 1.54) is 0 Å². The molecule has 0 aliphatic carbocycles. The third kappa shape index (κ3) is 5.14. The maximum Gasteiger partial charge on any atom is 0.197 e. The first kappa shape index (κ1) is 26.5. The normalized spacial score (nSPS) is 13.7. The van der Waals surface area contributed by atoms with Crippen LogP contribution in [0, 0.1) is 11.2 Å². The summed E-state index contributed by atoms with van der Waals surface area (Å²) in [6.07, 6.45) is 0. The molecule has 1 aliphatic heterocycles. The number of phenolic OH excluding ortho intramolecular Hbond substituents is 1. The summed E-state index contributed by atoms with van der Waals surface area (Å²) in [4.78, 5) is 15.0. The van der Waals surface area contributed by atoms with Crippen LogP contribution in [0.15, 0.2) is 18.2 Å². The molecule has 6 nitrogen and oxygen atoms in total. The van der Waals surface area contributed by atoms with Gasteiger partial charge in [0.2, 0.25) is 0 Å². The number of hydrogen-bond acceptors (Lipinski definition) is 5. The number of carbonyl (C=O) groups is 1. The Morgan fingerprint density at radius 2 is 1.57 bits per heavy atom. The van der Waals surface area contributed by atoms with Gasteiger partial charge in [-0.3, -0.25) is 10.2 Å². The zero-order valence-electron chi connectivity index (χ0n) is 22.1. The van der Waals surface area contributed by atoms with Gasteiger partial charge in [-0.05, 0) is 48.4 Å². The highest BCUT2D eigenvalue weighted by Crippen LogP contribution is 2.41. The van der Waals surface area contributed by atoms with Crippen molar-refractivity contribution in [1.82, 2.24) is 4.90 Å². The minimum Gasteiger partial charge on any atom is -0.507 e. The second-order valence-electron chi connectivity index (χ2n) is 11.0. The highest BCUT2D eigenvalue weighted by Gasteiger charge is 2.34. The van der Waals surface area contributed by atoms with Crippen molar-refractivity contribution in [3.8, 4) is 17.2 Å². The molecule has 0 spiro atoms. The number of nitrogens with zero attached hydrogens (tertiary/aromatic N) is 1. The Morgan fingerprint density at radius 3 is 2.06 bits per heavy atom. The van der Waals surface area contributed by atoms with Crippen LogP contribution in [0.3, 0.4) is 0 Å². The molecule has 0 fully saturated rings. The average Bonchev–Trinajstić information content (AvgIpc) is 3.04. The maximum atomic E-state index is 15.4. The van der Waals surface area contributed by atoms with Crippen LogP contribution in [0.5, 0.6) is 17.2 Å². The van der Waals surface area contributed by atoms with Crippen LogP contribution >= 0.6 is 0 Å². The number of phenols is 1. The van der Waals surface area contributed by atoms with Crippen molar-refractivity contribution < 1.29 is 23.8 Å². The molecule has 0 saturated heterocycles. The van der Waals surface area contributed by atoms with Crippen LogP contribution in [-0.4, -0.2) is 41.4 Å². The number of ether oxygens (including phenoxy) is 2. The van der Waals surface area contributed by atoms with E-state index in [0.29, 0.717) is 34.6 Å². The summed E-state index contributed by atoms with van der Waals surface area (Å²) in [6.45, 7) is 16.3. The van der Waals surface area contributed by atoms with E-state index in [4.69, 9.17) is 14.9 Å². The molecule has 0 atom stereocenters. The molecule has 0 amide bonds. The number of hydrogen-bond donors (Lipinski definition) is 2. The number of ketones is 1. The topological polar surface area (TPSA) is 82.9 Å². The summed E-state index contributed by atoms with van der Waals surface area (Å²) in [7, 11) is 0. The molecular formula is C28H37FN2O4. The number of Topliss-reactive ketones (excluding diaryl/α,β-unsaturated/α-hetero) is 1. The van der Waals surface area contributed by atoms with Gasteiger partial charge in [-0.2, -0.15) is 0 Å². The first-order chi connectivity index (χ1) is 16.2. The Morgan fingerprint density at radius 1 is 1.03 bits per heavy atom. The van der Waals surface area contributed by atoms with E-state index in [2.05, 4.69) is 0 Å². The molecule has 1 heterocycles. The number of nitrogens with one attached hydrogen (secondary N) is 1. The predicted molar refractivity (Wildman–Crippen MR) is 136 cm³/mol. The molecule has 7 heteroatoms. The van der Waals surface area contributed by atoms with Crippen molar-refractivity contribution in [2.45, 2.75) is 72.8 Å². The molecule has 2 N–H and O–H groups in total. The summed E-state index contributed by atoms with van der Waals surface area (Å²) in [5.41, 5.74) is 1.84. The maximum absolute atomic E-state index is 15.4. The Kier molecular flexibility index (Phi) is 7.21. The lowest BCUT2D eigenvalue weighted by Gasteiger charge is -2.28. The Bertz CT molecular complexity index is 1120. The quantitative estimate of drug-likeness (QED) is 0.475. The number of benzene rings is 2. The van der Waals surface area contributed by atoms with Gasteiger partial charge >= 0.3 is 0 Å². The number of rotatable bonds is 7. The summed E-state index contributed by atoms with van der Waals surface area (Å²) in [5.74, 6) is -0.391. The van der Waals surface area contributed by atoms with Crippen molar-refractivity contribution >= 4 is 11.6 Å². The van der Waals surface area contributed by atoms with Gasteiger partial charge < -0.3 is 19.5 Å². The molecule has 35 heavy (non-hydrogen) atoms. The smallest absolute Gasteiger partial charge is 0.197 e. The van der Waals surface area contributed by atoms with E-state index in [1.54, 1.807) is 30.0 Å². The van der Waals surface area contributed by atoms with Crippen molar-refractivity contribution in [3.05, 3.63) is 51.8 Å². The monoisotopic (exact) mass is 484 g/mol. The van der Waals surface area contributed by atoms with Gasteiger partial charge in [0.1, 0.15) is 11.6 Å². The Balaban J connectivity index is 1.97. The summed E-state index contributed by atoms with van der Waals surface area (Å²) in [5, 5.41) is 19.6. The number of halogens is 1. The first-order valence-corrected chi connectivity index (χ1v) is 12.1. The third-order valence-corrected chi connectivity index (χ3v) is 6.15. The predicted octanol–water partition coefficient (Wildman–Crippen LogP) is 5.95. The lowest BCUT2D eigenvalue weighted by molar-refractivity contribution is 0.0962. The second kappa shape index (κ2) is 9.51. The fourth-order valence-electron chi connectivity index (χ4n) is 4.36. The summed E-state index contributed by atoms with van der Waals surface area (Å²) < 4.78 is 26.4. The fourth-order valence-corrected chi connectivity index (χ4v) is 4.36. The molecule has 2 aromatic rings. The molecule has 0 aromatic heterocycles. The minimum atomic E-state index is -0.637. The van der Waals surface area contributed by atoms with Gasteiger partial charge in [0.05, 0.1) is 25.3 Å². The minimum absolute atomic E-state index is 0.00537. The Labute approximate surface area is 207 Å². The van der Waals surface area contributed by atoms with Crippen molar-refractivity contribution in [2.75, 3.05) is 19.8 Å². The molecule has 0 unspecified atom stereocenters. The lowest BCUT2D eigenvalue weighted by Crippen LogP contribution is -2.31. The Hall–Kier alpha value is -3.09. The molecule has 2 aromatic carbocycles. The van der Waals surface area contributed by atoms with E-state index < -0.39 is 5.82 Å². The number of aromatic hydroxyl groups is 1. The standard InChI is InChI=1S/C28H37FN2O4/c1-9-34-21-13-17-14-31(26(30)22(17)23(29)25(21)35-10-2)15-20(32)16-11-18(27(3,4)5)24(33)19(12-16)28(6,7)8/h11-13,30,33H,9-10,14-15H2,1-8H3. The van der Waals surface area contributed by atoms with Crippen LogP contribution in [0.4, 0.5) is 4.39 Å². The highest BCUT2D eigenvalue weighted by molar-refractivity contribution is 6.06. The molecule has 0 radical (unpaired) electrons. The molecule has 0 saturated carbocycles. The third-order valence-electron chi connectivity index (χ3n) is 6.15. The lowest BCUT2D eigenvalue weighted by atomic mass is 9.78. The van der Waals surface area contributed by atoms with E-state index in [9.17, 15) is 9.90 Å². The molecule has 190 valence electrons. The average molecular weight is 485 g/mol. The SMILES string of the molecule is CCOc1cc2c(c(F)c1OCC)C(=N)N(CC(=O)c1cc(C(C)(C)C)c(O)c(C(C)(C)C)c1)C2. The molecule has 3 rings (SSSR count). The summed E-state index contributed by atoms with van der Waals surface area (Å²) in [6, 6.07) is 5.17. The van der Waals surface area contributed by atoms with Crippen molar-refractivity contribution in [1.29, 1.82) is 5.41 Å². The second-order valence-corrected chi connectivity index (χ2v) is 11.0. The van der Waals surface area contributed by atoms with Crippen LogP contribution in [0.1, 0.15) is 88.0 Å². The van der Waals surface area contributed by atoms with Crippen LogP contribution in [0.25, 0.3) is 0 Å². The molecule has 0 bridgehead atoms. The van der Waals surface area contributed by atoms with E-state index in [1.807, 2.05) is 48.5 Å². The van der Waals surface area contributed by atoms with E-state index in [0.717, 1.165) is 0 Å². The van der Waals surface area contributed by atoms with Crippen molar-refractivity contribution in [3.63, 3.8) is 0 Å². The number of carbonyl (C=O) groups excluding carboxylic acids is 1. The molecular weight excluding hydrogens is 447 g/mol. The fraction of sp³-hybridized carbons (Fsp3) is 0.500. The van der Waals surface area contributed by atoms with Gasteiger partial charge in [-0.25, -0.2) is 4.39 Å². The van der Waals surface area contributed by atoms with E-state index in [-0.39, 0.29) is 59.2 Å². The largest absolute Gasteiger partial charge is 0.507 e. The van der Waals surface area contributed by atoms with Crippen LogP contribution < -0.4 is 9.47 Å². The zero-order chi connectivity index (χ0) is 26.3. The van der Waals surface area contributed by atoms with Crippen molar-refractivity contribution in [2.24, 2.45) is 0 Å². The number of fused-ring (bicyclic) bond motifs is 1. The van der Waals surface area contributed by atoms with E-state index >= 15 is 4.39 Å². The zero-order valence-corrected chi connectivity index (χ0v) is 22.1. The van der Waals surface area contributed by atoms with Gasteiger partial charge in [-0.15, -0.1) is 0 Å². The van der Waals surface area contributed by atoms with Gasteiger partial charge in [0.15, 0.2) is 23.1 Å². The molecule has 1 aliphatic rings. The van der Waals surface area contributed by atoms with Gasteiger partial charge in [0.25, 0.3) is 0 Å². The van der Waals surface area contributed by atoms with Crippen LogP contribution in [0.2, 0.25) is 0 Å². The van der Waals surface area contributed by atoms with Gasteiger partial charge in [-0.1, -0.05) is 41.5 Å². The first-order valence-electron chi connectivity index (χ1n) is 12.1.